The highest BCUT2D eigenvalue weighted by molar-refractivity contribution is 4.91. The molecule has 0 radical (unpaired) electrons. The quantitative estimate of drug-likeness (QED) is 0.854. The van der Waals surface area contributed by atoms with Gasteiger partial charge >= 0.3 is 0 Å². The van der Waals surface area contributed by atoms with E-state index in [1.165, 1.54) is 12.8 Å². The third-order valence-electron chi connectivity index (χ3n) is 3.93. The molecule has 2 rings (SSSR count). The smallest absolute Gasteiger partial charge is 0.0837 e. The molecule has 0 aliphatic carbocycles. The fraction of sp³-hybridized carbons (Fsp3) is 0.857. The van der Waals surface area contributed by atoms with Crippen LogP contribution in [0.25, 0.3) is 0 Å². The fourth-order valence-corrected chi connectivity index (χ4v) is 2.97. The summed E-state index contributed by atoms with van der Waals surface area (Å²) in [5.74, 6) is 0.760. The van der Waals surface area contributed by atoms with E-state index in [1.54, 1.807) is 0 Å². The van der Waals surface area contributed by atoms with Gasteiger partial charge in [0, 0.05) is 25.7 Å². The van der Waals surface area contributed by atoms with Crippen molar-refractivity contribution in [2.24, 2.45) is 5.92 Å². The van der Waals surface area contributed by atoms with Gasteiger partial charge in [-0.05, 0) is 39.2 Å². The number of aromatic nitrogens is 3. The van der Waals surface area contributed by atoms with E-state index in [-0.39, 0.29) is 0 Å². The number of H-pyrrole nitrogens is 1. The Morgan fingerprint density at radius 3 is 3.00 bits per heavy atom. The molecule has 1 N–H and O–H groups in total. The second-order valence-electron chi connectivity index (χ2n) is 5.79. The van der Waals surface area contributed by atoms with Gasteiger partial charge in [0.1, 0.15) is 0 Å². The molecule has 1 aromatic rings. The summed E-state index contributed by atoms with van der Waals surface area (Å²) in [6, 6.07) is 0. The zero-order valence-electron chi connectivity index (χ0n) is 12.3. The van der Waals surface area contributed by atoms with Crippen molar-refractivity contribution in [1.82, 2.24) is 20.3 Å². The molecule has 1 aromatic heterocycles. The highest BCUT2D eigenvalue weighted by atomic mass is 16.5. The lowest BCUT2D eigenvalue weighted by Crippen LogP contribution is -2.37. The summed E-state index contributed by atoms with van der Waals surface area (Å²) in [6.45, 7) is 6.61. The third-order valence-corrected chi connectivity index (χ3v) is 3.93. The maximum atomic E-state index is 5.93. The number of nitrogens with one attached hydrogen (secondary N) is 1. The number of ether oxygens (including phenoxy) is 1. The van der Waals surface area contributed by atoms with Crippen LogP contribution in [0.15, 0.2) is 6.20 Å². The molecule has 0 spiro atoms. The summed E-state index contributed by atoms with van der Waals surface area (Å²) in [5, 5.41) is 10.5. The Hall–Kier alpha value is -0.940. The molecule has 0 aromatic carbocycles. The SMILES string of the molecule is CCC1C[C@H](CN(C)CCc2c[nH]nn2)CC(C)O1. The molecule has 1 aliphatic rings. The Morgan fingerprint density at radius 2 is 2.32 bits per heavy atom. The maximum absolute atomic E-state index is 5.93. The van der Waals surface area contributed by atoms with E-state index in [4.69, 9.17) is 4.74 Å². The van der Waals surface area contributed by atoms with Crippen molar-refractivity contribution in [3.63, 3.8) is 0 Å². The highest BCUT2D eigenvalue weighted by Crippen LogP contribution is 2.26. The van der Waals surface area contributed by atoms with Crippen LogP contribution in [0.5, 0.6) is 0 Å². The Kier molecular flexibility index (Phi) is 5.34. The monoisotopic (exact) mass is 266 g/mol. The first kappa shape index (κ1) is 14.5. The van der Waals surface area contributed by atoms with Crippen LogP contribution in [-0.4, -0.2) is 52.7 Å². The van der Waals surface area contributed by atoms with Crippen molar-refractivity contribution in [3.05, 3.63) is 11.9 Å². The summed E-state index contributed by atoms with van der Waals surface area (Å²) in [7, 11) is 2.20. The van der Waals surface area contributed by atoms with Crippen LogP contribution in [-0.2, 0) is 11.2 Å². The van der Waals surface area contributed by atoms with Crippen molar-refractivity contribution in [3.8, 4) is 0 Å². The lowest BCUT2D eigenvalue weighted by atomic mass is 9.90. The molecule has 2 heterocycles. The van der Waals surface area contributed by atoms with Crippen molar-refractivity contribution >= 4 is 0 Å². The normalized spacial score (nSPS) is 27.9. The Balaban J connectivity index is 1.73. The fourth-order valence-electron chi connectivity index (χ4n) is 2.97. The Bertz CT molecular complexity index is 354. The van der Waals surface area contributed by atoms with Crippen LogP contribution in [0.4, 0.5) is 0 Å². The van der Waals surface area contributed by atoms with Crippen molar-refractivity contribution in [2.75, 3.05) is 20.1 Å². The van der Waals surface area contributed by atoms with E-state index >= 15 is 0 Å². The second-order valence-corrected chi connectivity index (χ2v) is 5.79. The van der Waals surface area contributed by atoms with E-state index in [2.05, 4.69) is 41.2 Å². The molecule has 5 nitrogen and oxygen atoms in total. The van der Waals surface area contributed by atoms with E-state index in [0.717, 1.165) is 37.5 Å². The summed E-state index contributed by atoms with van der Waals surface area (Å²) in [4.78, 5) is 2.41. The molecule has 0 bridgehead atoms. The number of hydrogen-bond donors (Lipinski definition) is 1. The molecule has 0 saturated carbocycles. The summed E-state index contributed by atoms with van der Waals surface area (Å²) in [5.41, 5.74) is 1.04. The first-order chi connectivity index (χ1) is 9.17. The molecule has 3 atom stereocenters. The van der Waals surface area contributed by atoms with Gasteiger partial charge in [0.25, 0.3) is 0 Å². The van der Waals surface area contributed by atoms with Crippen LogP contribution in [0, 0.1) is 5.92 Å². The van der Waals surface area contributed by atoms with E-state index in [1.807, 2.05) is 6.20 Å². The molecular formula is C14H26N4O. The van der Waals surface area contributed by atoms with E-state index in [0.29, 0.717) is 12.2 Å². The van der Waals surface area contributed by atoms with Gasteiger partial charge in [0.15, 0.2) is 0 Å². The van der Waals surface area contributed by atoms with Gasteiger partial charge < -0.3 is 9.64 Å². The predicted molar refractivity (Wildman–Crippen MR) is 74.9 cm³/mol. The van der Waals surface area contributed by atoms with Crippen LogP contribution < -0.4 is 0 Å². The van der Waals surface area contributed by atoms with Crippen LogP contribution >= 0.6 is 0 Å². The van der Waals surface area contributed by atoms with Gasteiger partial charge in [-0.25, -0.2) is 0 Å². The minimum Gasteiger partial charge on any atom is -0.375 e. The average molecular weight is 266 g/mol. The number of rotatable bonds is 6. The minimum atomic E-state index is 0.410. The third kappa shape index (κ3) is 4.58. The van der Waals surface area contributed by atoms with Gasteiger partial charge in [-0.3, -0.25) is 5.10 Å². The number of nitrogens with zero attached hydrogens (tertiary/aromatic N) is 3. The van der Waals surface area contributed by atoms with Crippen LogP contribution in [0.3, 0.4) is 0 Å². The molecule has 2 unspecified atom stereocenters. The van der Waals surface area contributed by atoms with Gasteiger partial charge in [-0.2, -0.15) is 0 Å². The molecule has 1 saturated heterocycles. The van der Waals surface area contributed by atoms with Gasteiger partial charge in [-0.15, -0.1) is 5.10 Å². The standard InChI is InChI=1S/C14H26N4O/c1-4-14-8-12(7-11(2)19-14)10-18(3)6-5-13-9-15-17-16-13/h9,11-12,14H,4-8,10H2,1-3H3,(H,15,16,17)/t11?,12-,14?/m1/s1. The zero-order valence-corrected chi connectivity index (χ0v) is 12.3. The second kappa shape index (κ2) is 7.01. The van der Waals surface area contributed by atoms with Crippen LogP contribution in [0.1, 0.15) is 38.8 Å². The van der Waals surface area contributed by atoms with Crippen molar-refractivity contribution in [2.45, 2.75) is 51.7 Å². The summed E-state index contributed by atoms with van der Waals surface area (Å²) >= 11 is 0. The number of likely N-dealkylation sites (N-methyl/N-ethyl adjacent to an activating group) is 1. The number of aromatic amines is 1. The maximum Gasteiger partial charge on any atom is 0.0837 e. The summed E-state index contributed by atoms with van der Waals surface area (Å²) < 4.78 is 5.93. The topological polar surface area (TPSA) is 54.0 Å². The van der Waals surface area contributed by atoms with E-state index < -0.39 is 0 Å². The van der Waals surface area contributed by atoms with Crippen molar-refractivity contribution in [1.29, 1.82) is 0 Å². The zero-order chi connectivity index (χ0) is 13.7. The first-order valence-electron chi connectivity index (χ1n) is 7.36. The average Bonchev–Trinajstić information content (AvgIpc) is 2.88. The molecule has 1 fully saturated rings. The lowest BCUT2D eigenvalue weighted by molar-refractivity contribution is -0.0666. The van der Waals surface area contributed by atoms with Gasteiger partial charge in [-0.1, -0.05) is 12.1 Å². The first-order valence-corrected chi connectivity index (χ1v) is 7.36. The minimum absolute atomic E-state index is 0.410. The van der Waals surface area contributed by atoms with Crippen molar-refractivity contribution < 1.29 is 4.74 Å². The Morgan fingerprint density at radius 1 is 1.47 bits per heavy atom. The molecule has 5 heteroatoms. The molecular weight excluding hydrogens is 240 g/mol. The predicted octanol–water partition coefficient (Wildman–Crippen LogP) is 1.87. The lowest BCUT2D eigenvalue weighted by Gasteiger charge is -2.35. The summed E-state index contributed by atoms with van der Waals surface area (Å²) in [6.07, 6.45) is 7.22. The molecule has 1 aliphatic heterocycles. The molecule has 108 valence electrons. The molecule has 19 heavy (non-hydrogen) atoms. The number of hydrogen-bond acceptors (Lipinski definition) is 4. The van der Waals surface area contributed by atoms with Gasteiger partial charge in [0.05, 0.1) is 17.9 Å². The largest absolute Gasteiger partial charge is 0.375 e. The molecule has 0 amide bonds. The van der Waals surface area contributed by atoms with E-state index in [9.17, 15) is 0 Å². The Labute approximate surface area is 115 Å². The van der Waals surface area contributed by atoms with Gasteiger partial charge in [0.2, 0.25) is 0 Å². The highest BCUT2D eigenvalue weighted by Gasteiger charge is 2.26. The van der Waals surface area contributed by atoms with Crippen LogP contribution in [0.2, 0.25) is 0 Å².